The van der Waals surface area contributed by atoms with Gasteiger partial charge in [0.05, 0.1) is 6.42 Å². The molecule has 0 aliphatic carbocycles. The molecule has 1 N–H and O–H groups in total. The lowest BCUT2D eigenvalue weighted by Gasteiger charge is -2.32. The fraction of sp³-hybridized carbons (Fsp3) is 0.462. The van der Waals surface area contributed by atoms with E-state index in [2.05, 4.69) is 17.4 Å². The number of likely N-dealkylation sites (N-methyl/N-ethyl adjacent to an activating group) is 1. The topological polar surface area (TPSA) is 35.6 Å². The van der Waals surface area contributed by atoms with Gasteiger partial charge in [0.2, 0.25) is 5.91 Å². The summed E-state index contributed by atoms with van der Waals surface area (Å²) in [5.74, 6) is -0.00680. The molecule has 1 saturated heterocycles. The zero-order valence-corrected chi connectivity index (χ0v) is 11.3. The largest absolute Gasteiger partial charge is 0.304 e. The van der Waals surface area contributed by atoms with E-state index in [1.807, 2.05) is 23.2 Å². The molecule has 2 rings (SSSR count). The number of hydrogen-bond donors (Lipinski definition) is 1. The van der Waals surface area contributed by atoms with Crippen molar-refractivity contribution in [2.24, 2.45) is 0 Å². The molecule has 0 saturated carbocycles. The highest BCUT2D eigenvalue weighted by molar-refractivity contribution is 6.31. The van der Waals surface area contributed by atoms with E-state index in [9.17, 15) is 4.79 Å². The van der Waals surface area contributed by atoms with Crippen LogP contribution in [-0.2, 0) is 11.2 Å². The van der Waals surface area contributed by atoms with Crippen molar-refractivity contribution in [3.63, 3.8) is 0 Å². The molecule has 18 heavy (non-hydrogen) atoms. The molecule has 98 valence electrons. The first kappa shape index (κ1) is 13.3. The number of halogens is 1. The third kappa shape index (κ3) is 3.70. The highest BCUT2D eigenvalue weighted by Crippen LogP contribution is 2.15. The average Bonchev–Trinajstić information content (AvgIpc) is 2.35. The predicted molar refractivity (Wildman–Crippen MR) is 72.4 cm³/mol. The van der Waals surface area contributed by atoms with E-state index < -0.39 is 0 Å². The zero-order chi connectivity index (χ0) is 13.0. The minimum absolute atomic E-state index is 0.00680. The number of carbonyl (C=O) groups is 1. The second-order valence-electron chi connectivity index (χ2n) is 4.59. The van der Waals surface area contributed by atoms with E-state index in [1.54, 1.807) is 6.07 Å². The third-order valence-electron chi connectivity index (χ3n) is 3.09. The van der Waals surface area contributed by atoms with Crippen molar-refractivity contribution in [2.75, 3.05) is 33.2 Å². The molecule has 5 heteroatoms. The van der Waals surface area contributed by atoms with Gasteiger partial charge in [-0.15, -0.1) is 0 Å². The van der Waals surface area contributed by atoms with Crippen molar-refractivity contribution in [2.45, 2.75) is 6.42 Å². The van der Waals surface area contributed by atoms with Crippen molar-refractivity contribution < 1.29 is 4.79 Å². The minimum Gasteiger partial charge on any atom is -0.304 e. The Morgan fingerprint density at radius 2 is 1.94 bits per heavy atom. The Morgan fingerprint density at radius 1 is 1.28 bits per heavy atom. The van der Waals surface area contributed by atoms with E-state index in [-0.39, 0.29) is 5.91 Å². The van der Waals surface area contributed by atoms with Gasteiger partial charge in [-0.25, -0.2) is 5.01 Å². The lowest BCUT2D eigenvalue weighted by atomic mass is 10.1. The fourth-order valence-electron chi connectivity index (χ4n) is 1.95. The highest BCUT2D eigenvalue weighted by Gasteiger charge is 2.16. The first-order valence-corrected chi connectivity index (χ1v) is 6.49. The van der Waals surface area contributed by atoms with Gasteiger partial charge in [0, 0.05) is 31.2 Å². The lowest BCUT2D eigenvalue weighted by molar-refractivity contribution is -0.126. The quantitative estimate of drug-likeness (QED) is 0.893. The summed E-state index contributed by atoms with van der Waals surface area (Å²) in [5.41, 5.74) is 3.79. The Kier molecular flexibility index (Phi) is 4.58. The number of hydrazine groups is 1. The molecule has 1 heterocycles. The van der Waals surface area contributed by atoms with Crippen LogP contribution in [0.1, 0.15) is 5.56 Å². The summed E-state index contributed by atoms with van der Waals surface area (Å²) in [5, 5.41) is 2.62. The fourth-order valence-corrected chi connectivity index (χ4v) is 2.15. The van der Waals surface area contributed by atoms with Crippen LogP contribution in [0, 0.1) is 0 Å². The summed E-state index contributed by atoms with van der Waals surface area (Å²) in [7, 11) is 2.09. The van der Waals surface area contributed by atoms with Gasteiger partial charge in [-0.1, -0.05) is 29.8 Å². The van der Waals surface area contributed by atoms with Crippen LogP contribution >= 0.6 is 11.6 Å². The lowest BCUT2D eigenvalue weighted by Crippen LogP contribution is -2.52. The number of nitrogens with zero attached hydrogens (tertiary/aromatic N) is 2. The van der Waals surface area contributed by atoms with Crippen molar-refractivity contribution in [1.29, 1.82) is 0 Å². The standard InChI is InChI=1S/C13H18ClN3O/c1-16-6-8-17(9-7-16)15-13(18)10-11-4-2-3-5-12(11)14/h2-5H,6-10H2,1H3,(H,15,18). The molecule has 1 aliphatic heterocycles. The van der Waals surface area contributed by atoms with Gasteiger partial charge in [-0.05, 0) is 18.7 Å². The molecule has 0 atom stereocenters. The van der Waals surface area contributed by atoms with Crippen LogP contribution in [0.5, 0.6) is 0 Å². The third-order valence-corrected chi connectivity index (χ3v) is 3.46. The smallest absolute Gasteiger partial charge is 0.238 e. The molecule has 1 aromatic rings. The number of carbonyl (C=O) groups excluding carboxylic acids is 1. The summed E-state index contributed by atoms with van der Waals surface area (Å²) in [6.45, 7) is 3.69. The number of benzene rings is 1. The predicted octanol–water partition coefficient (Wildman–Crippen LogP) is 1.16. The molecule has 1 aromatic carbocycles. The van der Waals surface area contributed by atoms with Crippen LogP contribution in [0.15, 0.2) is 24.3 Å². The van der Waals surface area contributed by atoms with Gasteiger partial charge in [0.15, 0.2) is 0 Å². The van der Waals surface area contributed by atoms with E-state index >= 15 is 0 Å². The van der Waals surface area contributed by atoms with Crippen LogP contribution in [-0.4, -0.2) is 49.0 Å². The van der Waals surface area contributed by atoms with E-state index in [0.717, 1.165) is 31.7 Å². The molecule has 0 bridgehead atoms. The average molecular weight is 268 g/mol. The molecule has 0 unspecified atom stereocenters. The molecule has 4 nitrogen and oxygen atoms in total. The van der Waals surface area contributed by atoms with Gasteiger partial charge in [-0.3, -0.25) is 10.2 Å². The van der Waals surface area contributed by atoms with E-state index in [4.69, 9.17) is 11.6 Å². The Hall–Kier alpha value is -1.10. The minimum atomic E-state index is -0.00680. The summed E-state index contributed by atoms with van der Waals surface area (Å²) < 4.78 is 0. The Balaban J connectivity index is 1.84. The van der Waals surface area contributed by atoms with Crippen LogP contribution in [0.4, 0.5) is 0 Å². The SMILES string of the molecule is CN1CCN(NC(=O)Cc2ccccc2Cl)CC1. The van der Waals surface area contributed by atoms with Crippen molar-refractivity contribution in [1.82, 2.24) is 15.3 Å². The van der Waals surface area contributed by atoms with Crippen LogP contribution < -0.4 is 5.43 Å². The second-order valence-corrected chi connectivity index (χ2v) is 5.00. The summed E-state index contributed by atoms with van der Waals surface area (Å²) >= 11 is 6.03. The van der Waals surface area contributed by atoms with Gasteiger partial charge in [0.1, 0.15) is 0 Å². The van der Waals surface area contributed by atoms with Gasteiger partial charge in [0.25, 0.3) is 0 Å². The normalized spacial score (nSPS) is 17.7. The Morgan fingerprint density at radius 3 is 2.61 bits per heavy atom. The molecule has 1 aliphatic rings. The maximum atomic E-state index is 11.9. The summed E-state index contributed by atoms with van der Waals surface area (Å²) in [6.07, 6.45) is 0.325. The number of rotatable bonds is 3. The maximum Gasteiger partial charge on any atom is 0.238 e. The molecule has 1 fully saturated rings. The molecule has 1 amide bonds. The van der Waals surface area contributed by atoms with Crippen LogP contribution in [0.2, 0.25) is 5.02 Å². The number of piperazine rings is 1. The second kappa shape index (κ2) is 6.18. The molecular formula is C13H18ClN3O. The van der Waals surface area contributed by atoms with Crippen molar-refractivity contribution >= 4 is 17.5 Å². The molecule has 0 spiro atoms. The molecular weight excluding hydrogens is 250 g/mol. The zero-order valence-electron chi connectivity index (χ0n) is 10.5. The van der Waals surface area contributed by atoms with Crippen molar-refractivity contribution in [3.8, 4) is 0 Å². The van der Waals surface area contributed by atoms with Crippen LogP contribution in [0.25, 0.3) is 0 Å². The van der Waals surface area contributed by atoms with Gasteiger partial charge >= 0.3 is 0 Å². The monoisotopic (exact) mass is 267 g/mol. The number of nitrogens with one attached hydrogen (secondary N) is 1. The van der Waals surface area contributed by atoms with E-state index in [0.29, 0.717) is 11.4 Å². The Labute approximate surface area is 112 Å². The number of hydrogen-bond acceptors (Lipinski definition) is 3. The molecule has 0 aromatic heterocycles. The Bertz CT molecular complexity index is 416. The maximum absolute atomic E-state index is 11.9. The first-order valence-electron chi connectivity index (χ1n) is 6.11. The first-order chi connectivity index (χ1) is 8.65. The molecule has 0 radical (unpaired) electrons. The van der Waals surface area contributed by atoms with Gasteiger partial charge < -0.3 is 4.90 Å². The van der Waals surface area contributed by atoms with Gasteiger partial charge in [-0.2, -0.15) is 0 Å². The van der Waals surface area contributed by atoms with Crippen molar-refractivity contribution in [3.05, 3.63) is 34.9 Å². The summed E-state index contributed by atoms with van der Waals surface area (Å²) in [4.78, 5) is 14.1. The van der Waals surface area contributed by atoms with E-state index in [1.165, 1.54) is 0 Å². The highest BCUT2D eigenvalue weighted by atomic mass is 35.5. The van der Waals surface area contributed by atoms with Crippen LogP contribution in [0.3, 0.4) is 0 Å². The number of amides is 1. The summed E-state index contributed by atoms with van der Waals surface area (Å²) in [6, 6.07) is 7.44.